The Labute approximate surface area is 134 Å². The SMILES string of the molecule is Cc1nc(-n2cccc2)sc1C(=O)NCCC1=CCCCC1. The minimum absolute atomic E-state index is 0.00943. The molecule has 3 rings (SSSR count). The summed E-state index contributed by atoms with van der Waals surface area (Å²) in [5, 5.41) is 3.86. The smallest absolute Gasteiger partial charge is 0.263 e. The molecule has 5 heteroatoms. The van der Waals surface area contributed by atoms with Crippen LogP contribution in [0, 0.1) is 6.92 Å². The molecule has 0 spiro atoms. The van der Waals surface area contributed by atoms with E-state index in [4.69, 9.17) is 0 Å². The van der Waals surface area contributed by atoms with Gasteiger partial charge in [0.2, 0.25) is 0 Å². The van der Waals surface area contributed by atoms with E-state index < -0.39 is 0 Å². The lowest BCUT2D eigenvalue weighted by Crippen LogP contribution is -2.24. The Morgan fingerprint density at radius 2 is 2.18 bits per heavy atom. The van der Waals surface area contributed by atoms with Gasteiger partial charge in [-0.1, -0.05) is 23.0 Å². The summed E-state index contributed by atoms with van der Waals surface area (Å²) in [6.45, 7) is 2.60. The molecule has 1 aliphatic carbocycles. The molecule has 1 amide bonds. The molecular weight excluding hydrogens is 294 g/mol. The van der Waals surface area contributed by atoms with Crippen LogP contribution in [0.3, 0.4) is 0 Å². The molecule has 0 saturated carbocycles. The Kier molecular flexibility index (Phi) is 4.73. The van der Waals surface area contributed by atoms with Gasteiger partial charge in [-0.15, -0.1) is 0 Å². The van der Waals surface area contributed by atoms with Gasteiger partial charge in [-0.3, -0.25) is 4.79 Å². The molecule has 22 heavy (non-hydrogen) atoms. The lowest BCUT2D eigenvalue weighted by Gasteiger charge is -2.12. The highest BCUT2D eigenvalue weighted by molar-refractivity contribution is 7.16. The van der Waals surface area contributed by atoms with Gasteiger partial charge < -0.3 is 9.88 Å². The van der Waals surface area contributed by atoms with E-state index in [2.05, 4.69) is 16.4 Å². The van der Waals surface area contributed by atoms with Crippen LogP contribution in [-0.4, -0.2) is 22.0 Å². The molecule has 2 aromatic rings. The molecule has 116 valence electrons. The standard InChI is InChI=1S/C17H21N3OS/c1-13-15(22-17(19-13)20-11-5-6-12-20)16(21)18-10-9-14-7-3-2-4-8-14/h5-7,11-12H,2-4,8-10H2,1H3,(H,18,21). The summed E-state index contributed by atoms with van der Waals surface area (Å²) in [6, 6.07) is 3.91. The number of carbonyl (C=O) groups is 1. The number of carbonyl (C=O) groups excluding carboxylic acids is 1. The van der Waals surface area contributed by atoms with Gasteiger partial charge in [-0.2, -0.15) is 0 Å². The lowest BCUT2D eigenvalue weighted by molar-refractivity contribution is 0.0957. The van der Waals surface area contributed by atoms with E-state index in [1.54, 1.807) is 0 Å². The van der Waals surface area contributed by atoms with Crippen molar-refractivity contribution in [3.63, 3.8) is 0 Å². The number of amides is 1. The van der Waals surface area contributed by atoms with Crippen molar-refractivity contribution in [2.45, 2.75) is 39.0 Å². The maximum atomic E-state index is 12.3. The molecule has 1 N–H and O–H groups in total. The predicted octanol–water partition coefficient (Wildman–Crippen LogP) is 3.86. The number of aromatic nitrogens is 2. The molecular formula is C17H21N3OS. The van der Waals surface area contributed by atoms with E-state index in [-0.39, 0.29) is 5.91 Å². The Morgan fingerprint density at radius 3 is 2.91 bits per heavy atom. The molecule has 0 saturated heterocycles. The van der Waals surface area contributed by atoms with Crippen molar-refractivity contribution in [2.24, 2.45) is 0 Å². The van der Waals surface area contributed by atoms with E-state index in [1.165, 1.54) is 42.6 Å². The third-order valence-electron chi connectivity index (χ3n) is 3.93. The normalized spacial score (nSPS) is 14.7. The van der Waals surface area contributed by atoms with Crippen molar-refractivity contribution in [1.82, 2.24) is 14.9 Å². The fourth-order valence-corrected chi connectivity index (χ4v) is 3.66. The zero-order chi connectivity index (χ0) is 15.4. The van der Waals surface area contributed by atoms with Crippen molar-refractivity contribution < 1.29 is 4.79 Å². The number of nitrogens with zero attached hydrogens (tertiary/aromatic N) is 2. The minimum Gasteiger partial charge on any atom is -0.351 e. The number of nitrogens with one attached hydrogen (secondary N) is 1. The van der Waals surface area contributed by atoms with Crippen LogP contribution < -0.4 is 5.32 Å². The van der Waals surface area contributed by atoms with Crippen molar-refractivity contribution in [1.29, 1.82) is 0 Å². The first-order valence-corrected chi connectivity index (χ1v) is 8.62. The van der Waals surface area contributed by atoms with Gasteiger partial charge in [0.05, 0.1) is 5.69 Å². The Balaban J connectivity index is 1.59. The van der Waals surface area contributed by atoms with Gasteiger partial charge >= 0.3 is 0 Å². The molecule has 0 radical (unpaired) electrons. The van der Waals surface area contributed by atoms with E-state index in [1.807, 2.05) is 36.0 Å². The number of hydrogen-bond donors (Lipinski definition) is 1. The first-order chi connectivity index (χ1) is 10.7. The van der Waals surface area contributed by atoms with Crippen LogP contribution in [0.2, 0.25) is 0 Å². The molecule has 2 aromatic heterocycles. The summed E-state index contributed by atoms with van der Waals surface area (Å²) in [4.78, 5) is 17.5. The summed E-state index contributed by atoms with van der Waals surface area (Å²) in [5.74, 6) is -0.00943. The molecule has 2 heterocycles. The van der Waals surface area contributed by atoms with Crippen molar-refractivity contribution in [3.8, 4) is 5.13 Å². The summed E-state index contributed by atoms with van der Waals surface area (Å²) < 4.78 is 1.93. The van der Waals surface area contributed by atoms with Gasteiger partial charge in [0.15, 0.2) is 5.13 Å². The van der Waals surface area contributed by atoms with Crippen LogP contribution in [0.1, 0.15) is 47.5 Å². The summed E-state index contributed by atoms with van der Waals surface area (Å²) in [6.07, 6.45) is 12.1. The molecule has 4 nitrogen and oxygen atoms in total. The maximum absolute atomic E-state index is 12.3. The zero-order valence-electron chi connectivity index (χ0n) is 12.8. The van der Waals surface area contributed by atoms with Gasteiger partial charge in [-0.25, -0.2) is 4.98 Å². The van der Waals surface area contributed by atoms with E-state index in [0.717, 1.165) is 17.2 Å². The molecule has 0 fully saturated rings. The summed E-state index contributed by atoms with van der Waals surface area (Å²) in [5.41, 5.74) is 2.28. The van der Waals surface area contributed by atoms with Crippen LogP contribution >= 0.6 is 11.3 Å². The second-order valence-electron chi connectivity index (χ2n) is 5.62. The Bertz CT molecular complexity index is 670. The fourth-order valence-electron chi connectivity index (χ4n) is 2.71. The van der Waals surface area contributed by atoms with Gasteiger partial charge in [0.1, 0.15) is 4.88 Å². The molecule has 0 bridgehead atoms. The third-order valence-corrected chi connectivity index (χ3v) is 5.10. The lowest BCUT2D eigenvalue weighted by atomic mass is 9.97. The predicted molar refractivity (Wildman–Crippen MR) is 89.7 cm³/mol. The first kappa shape index (κ1) is 15.0. The number of aryl methyl sites for hydroxylation is 1. The van der Waals surface area contributed by atoms with Crippen LogP contribution in [0.15, 0.2) is 36.2 Å². The van der Waals surface area contributed by atoms with Crippen molar-refractivity contribution >= 4 is 17.2 Å². The molecule has 0 aromatic carbocycles. The van der Waals surface area contributed by atoms with Gasteiger partial charge in [-0.05, 0) is 51.2 Å². The Morgan fingerprint density at radius 1 is 1.36 bits per heavy atom. The van der Waals surface area contributed by atoms with Crippen molar-refractivity contribution in [2.75, 3.05) is 6.54 Å². The van der Waals surface area contributed by atoms with Crippen LogP contribution in [0.5, 0.6) is 0 Å². The van der Waals surface area contributed by atoms with E-state index in [0.29, 0.717) is 11.4 Å². The Hall–Kier alpha value is -1.88. The molecule has 1 aliphatic rings. The quantitative estimate of drug-likeness (QED) is 0.852. The van der Waals surface area contributed by atoms with Crippen molar-refractivity contribution in [3.05, 3.63) is 46.7 Å². The average Bonchev–Trinajstić information content (AvgIpc) is 3.17. The molecule has 0 aliphatic heterocycles. The monoisotopic (exact) mass is 315 g/mol. The van der Waals surface area contributed by atoms with Gasteiger partial charge in [0.25, 0.3) is 5.91 Å². The first-order valence-electron chi connectivity index (χ1n) is 7.81. The largest absolute Gasteiger partial charge is 0.351 e. The highest BCUT2D eigenvalue weighted by Gasteiger charge is 2.15. The van der Waals surface area contributed by atoms with Gasteiger partial charge in [0, 0.05) is 18.9 Å². The van der Waals surface area contributed by atoms with Crippen LogP contribution in [0.4, 0.5) is 0 Å². The van der Waals surface area contributed by atoms with E-state index >= 15 is 0 Å². The summed E-state index contributed by atoms with van der Waals surface area (Å²) >= 11 is 1.44. The second-order valence-corrected chi connectivity index (χ2v) is 6.59. The number of rotatable bonds is 5. The molecule has 0 unspecified atom stereocenters. The van der Waals surface area contributed by atoms with E-state index in [9.17, 15) is 4.79 Å². The number of hydrogen-bond acceptors (Lipinski definition) is 3. The topological polar surface area (TPSA) is 46.9 Å². The third kappa shape index (κ3) is 3.47. The minimum atomic E-state index is -0.00943. The second kappa shape index (κ2) is 6.92. The number of thiazole rings is 1. The average molecular weight is 315 g/mol. The fraction of sp³-hybridized carbons (Fsp3) is 0.412. The summed E-state index contributed by atoms with van der Waals surface area (Å²) in [7, 11) is 0. The highest BCUT2D eigenvalue weighted by Crippen LogP contribution is 2.22. The molecule has 0 atom stereocenters. The van der Waals surface area contributed by atoms with Crippen LogP contribution in [0.25, 0.3) is 5.13 Å². The zero-order valence-corrected chi connectivity index (χ0v) is 13.7. The highest BCUT2D eigenvalue weighted by atomic mass is 32.1. The van der Waals surface area contributed by atoms with Crippen LogP contribution in [-0.2, 0) is 0 Å². The maximum Gasteiger partial charge on any atom is 0.263 e. The number of allylic oxidation sites excluding steroid dienone is 1.